The number of benzene rings is 1. The molecule has 0 unspecified atom stereocenters. The van der Waals surface area contributed by atoms with E-state index in [2.05, 4.69) is 20.7 Å². The molecular formula is C15H22BrNO5S. The van der Waals surface area contributed by atoms with Crippen LogP contribution in [0.25, 0.3) is 0 Å². The van der Waals surface area contributed by atoms with Gasteiger partial charge in [0, 0.05) is 10.0 Å². The van der Waals surface area contributed by atoms with Crippen LogP contribution in [-0.2, 0) is 19.6 Å². The van der Waals surface area contributed by atoms with Crippen molar-refractivity contribution in [3.63, 3.8) is 0 Å². The van der Waals surface area contributed by atoms with Gasteiger partial charge in [-0.2, -0.15) is 0 Å². The lowest BCUT2D eigenvalue weighted by molar-refractivity contribution is -0.160. The lowest BCUT2D eigenvalue weighted by Gasteiger charge is -2.28. The molecule has 0 radical (unpaired) electrons. The number of ether oxygens (including phenoxy) is 1. The highest BCUT2D eigenvalue weighted by molar-refractivity contribution is 9.10. The minimum atomic E-state index is -3.48. The van der Waals surface area contributed by atoms with Crippen molar-refractivity contribution in [2.24, 2.45) is 0 Å². The first-order valence-corrected chi connectivity index (χ1v) is 9.59. The SMILES string of the molecule is Cc1cc(NS(C)(=O)=O)c(C)c([C@H](OC(C)(C)C)C(=O)O)c1Br. The van der Waals surface area contributed by atoms with Crippen LogP contribution in [0.3, 0.4) is 0 Å². The first kappa shape index (κ1) is 19.9. The number of aliphatic carboxylic acids is 1. The first-order valence-electron chi connectivity index (χ1n) is 6.91. The van der Waals surface area contributed by atoms with Crippen molar-refractivity contribution in [3.05, 3.63) is 27.2 Å². The molecule has 0 bridgehead atoms. The predicted octanol–water partition coefficient (Wildman–Crippen LogP) is 3.38. The van der Waals surface area contributed by atoms with Gasteiger partial charge in [-0.25, -0.2) is 13.2 Å². The van der Waals surface area contributed by atoms with Gasteiger partial charge in [0.05, 0.1) is 17.5 Å². The summed E-state index contributed by atoms with van der Waals surface area (Å²) >= 11 is 3.40. The second-order valence-corrected chi connectivity index (χ2v) is 8.96. The average Bonchev–Trinajstić information content (AvgIpc) is 2.31. The van der Waals surface area contributed by atoms with Crippen molar-refractivity contribution >= 4 is 37.6 Å². The molecule has 1 rings (SSSR count). The summed E-state index contributed by atoms with van der Waals surface area (Å²) in [5.74, 6) is -1.14. The lowest BCUT2D eigenvalue weighted by atomic mass is 9.98. The standard InChI is InChI=1S/C15H22BrNO5S/c1-8-7-10(17-23(6,20)21)9(2)11(12(8)16)13(14(18)19)22-15(3,4)5/h7,13,17H,1-6H3,(H,18,19)/t13-/m0/s1. The van der Waals surface area contributed by atoms with Gasteiger partial charge in [-0.15, -0.1) is 0 Å². The fraction of sp³-hybridized carbons (Fsp3) is 0.533. The number of halogens is 1. The van der Waals surface area contributed by atoms with Crippen LogP contribution in [0.1, 0.15) is 43.6 Å². The highest BCUT2D eigenvalue weighted by Gasteiger charge is 2.31. The molecule has 130 valence electrons. The minimum Gasteiger partial charge on any atom is -0.479 e. The fourth-order valence-electron chi connectivity index (χ4n) is 2.11. The van der Waals surface area contributed by atoms with Crippen molar-refractivity contribution in [3.8, 4) is 0 Å². The number of anilines is 1. The Hall–Kier alpha value is -1.12. The van der Waals surface area contributed by atoms with E-state index in [4.69, 9.17) is 4.74 Å². The Kier molecular flexibility index (Phi) is 5.88. The number of hydrogen-bond acceptors (Lipinski definition) is 4. The summed E-state index contributed by atoms with van der Waals surface area (Å²) in [6.07, 6.45) is -0.173. The van der Waals surface area contributed by atoms with E-state index in [1.54, 1.807) is 40.7 Å². The quantitative estimate of drug-likeness (QED) is 0.779. The Morgan fingerprint density at radius 2 is 1.87 bits per heavy atom. The number of sulfonamides is 1. The van der Waals surface area contributed by atoms with E-state index >= 15 is 0 Å². The molecule has 0 aliphatic heterocycles. The molecule has 0 aliphatic rings. The van der Waals surface area contributed by atoms with Crippen LogP contribution in [0.5, 0.6) is 0 Å². The van der Waals surface area contributed by atoms with E-state index in [1.165, 1.54) is 0 Å². The largest absolute Gasteiger partial charge is 0.479 e. The maximum absolute atomic E-state index is 11.7. The monoisotopic (exact) mass is 407 g/mol. The lowest BCUT2D eigenvalue weighted by Crippen LogP contribution is -2.28. The van der Waals surface area contributed by atoms with Crippen LogP contribution in [0.4, 0.5) is 5.69 Å². The average molecular weight is 408 g/mol. The number of nitrogens with one attached hydrogen (secondary N) is 1. The molecule has 6 nitrogen and oxygen atoms in total. The third-order valence-corrected chi connectivity index (χ3v) is 4.65. The summed E-state index contributed by atoms with van der Waals surface area (Å²) in [4.78, 5) is 11.7. The van der Waals surface area contributed by atoms with Crippen molar-refractivity contribution in [1.82, 2.24) is 0 Å². The molecule has 1 aromatic rings. The zero-order valence-electron chi connectivity index (χ0n) is 14.0. The molecule has 0 saturated carbocycles. The second kappa shape index (κ2) is 6.78. The van der Waals surface area contributed by atoms with Crippen LogP contribution >= 0.6 is 15.9 Å². The van der Waals surface area contributed by atoms with Crippen molar-refractivity contribution in [2.75, 3.05) is 11.0 Å². The van der Waals surface area contributed by atoms with Gasteiger partial charge in [0.15, 0.2) is 6.10 Å². The molecule has 8 heteroatoms. The van der Waals surface area contributed by atoms with Gasteiger partial charge in [-0.3, -0.25) is 4.72 Å². The van der Waals surface area contributed by atoms with Crippen LogP contribution in [0.2, 0.25) is 0 Å². The summed E-state index contributed by atoms with van der Waals surface area (Å²) in [5, 5.41) is 9.57. The van der Waals surface area contributed by atoms with Crippen LogP contribution in [-0.4, -0.2) is 31.4 Å². The molecule has 1 atom stereocenters. The maximum Gasteiger partial charge on any atom is 0.337 e. The fourth-order valence-corrected chi connectivity index (χ4v) is 3.35. The molecule has 0 fully saturated rings. The van der Waals surface area contributed by atoms with Crippen molar-refractivity contribution in [2.45, 2.75) is 46.3 Å². The summed E-state index contributed by atoms with van der Waals surface area (Å²) in [7, 11) is -3.48. The van der Waals surface area contributed by atoms with Gasteiger partial charge >= 0.3 is 5.97 Å². The van der Waals surface area contributed by atoms with Gasteiger partial charge in [0.1, 0.15) is 0 Å². The zero-order valence-corrected chi connectivity index (χ0v) is 16.4. The van der Waals surface area contributed by atoms with E-state index in [0.29, 0.717) is 26.9 Å². The van der Waals surface area contributed by atoms with Gasteiger partial charge in [-0.05, 0) is 51.8 Å². The van der Waals surface area contributed by atoms with E-state index in [0.717, 1.165) is 6.26 Å². The summed E-state index contributed by atoms with van der Waals surface area (Å²) in [6.45, 7) is 8.71. The van der Waals surface area contributed by atoms with E-state index in [9.17, 15) is 18.3 Å². The van der Waals surface area contributed by atoms with Crippen LogP contribution in [0, 0.1) is 13.8 Å². The molecular weight excluding hydrogens is 386 g/mol. The number of rotatable bonds is 5. The van der Waals surface area contributed by atoms with Crippen molar-refractivity contribution < 1.29 is 23.1 Å². The van der Waals surface area contributed by atoms with E-state index in [1.807, 2.05) is 0 Å². The molecule has 2 N–H and O–H groups in total. The molecule has 1 aromatic carbocycles. The van der Waals surface area contributed by atoms with Crippen LogP contribution < -0.4 is 4.72 Å². The Morgan fingerprint density at radius 1 is 1.35 bits per heavy atom. The van der Waals surface area contributed by atoms with Gasteiger partial charge < -0.3 is 9.84 Å². The van der Waals surface area contributed by atoms with Gasteiger partial charge in [0.2, 0.25) is 10.0 Å². The molecule has 0 amide bonds. The number of aryl methyl sites for hydroxylation is 1. The summed E-state index contributed by atoms with van der Waals surface area (Å²) in [6, 6.07) is 1.65. The molecule has 0 aromatic heterocycles. The Morgan fingerprint density at radius 3 is 2.26 bits per heavy atom. The smallest absolute Gasteiger partial charge is 0.337 e. The number of carbonyl (C=O) groups is 1. The molecule has 0 aliphatic carbocycles. The molecule has 0 heterocycles. The van der Waals surface area contributed by atoms with Gasteiger partial charge in [0.25, 0.3) is 0 Å². The van der Waals surface area contributed by atoms with Gasteiger partial charge in [-0.1, -0.05) is 15.9 Å². The van der Waals surface area contributed by atoms with E-state index < -0.39 is 27.7 Å². The van der Waals surface area contributed by atoms with Crippen molar-refractivity contribution in [1.29, 1.82) is 0 Å². The third kappa shape index (κ3) is 5.47. The topological polar surface area (TPSA) is 92.7 Å². The number of hydrogen-bond donors (Lipinski definition) is 2. The maximum atomic E-state index is 11.7. The predicted molar refractivity (Wildman–Crippen MR) is 93.3 cm³/mol. The normalized spacial score (nSPS) is 13.7. The van der Waals surface area contributed by atoms with Crippen LogP contribution in [0.15, 0.2) is 10.5 Å². The summed E-state index contributed by atoms with van der Waals surface area (Å²) in [5.41, 5.74) is 1.28. The highest BCUT2D eigenvalue weighted by atomic mass is 79.9. The number of carboxylic acids is 1. The molecule has 0 saturated heterocycles. The number of carboxylic acid groups (broad SMARTS) is 1. The molecule has 0 spiro atoms. The highest BCUT2D eigenvalue weighted by Crippen LogP contribution is 2.38. The van der Waals surface area contributed by atoms with E-state index in [-0.39, 0.29) is 0 Å². The second-order valence-electron chi connectivity index (χ2n) is 6.42. The summed E-state index contributed by atoms with van der Waals surface area (Å²) < 4.78 is 31.7. The Labute approximate surface area is 145 Å². The zero-order chi connectivity index (χ0) is 18.2. The third-order valence-electron chi connectivity index (χ3n) is 3.00. The first-order chi connectivity index (χ1) is 10.2. The minimum absolute atomic E-state index is 0.340. The molecule has 23 heavy (non-hydrogen) atoms. The Bertz CT molecular complexity index is 722. The Balaban J connectivity index is 3.57.